The number of anilines is 1. The number of carbonyl (C=O) groups excluding carboxylic acids is 1. The zero-order chi connectivity index (χ0) is 14.7. The van der Waals surface area contributed by atoms with Gasteiger partial charge in [0, 0.05) is 30.4 Å². The number of aliphatic hydroxyl groups is 1. The van der Waals surface area contributed by atoms with Crippen molar-refractivity contribution in [1.29, 1.82) is 0 Å². The van der Waals surface area contributed by atoms with Crippen LogP contribution in [-0.2, 0) is 6.42 Å². The van der Waals surface area contributed by atoms with E-state index >= 15 is 0 Å². The molecule has 1 aromatic carbocycles. The standard InChI is InChI=1S/C13H17N3O4/c1-2-9-3-4-10(7-12(9)16(19)20)14-13(18)15-6-5-11(17)8-15/h3-4,7,11,17H,2,5-6,8H2,1H3,(H,14,18)/t11-/m0/s1. The minimum atomic E-state index is -0.488. The van der Waals surface area contributed by atoms with Crippen LogP contribution in [0, 0.1) is 10.1 Å². The average Bonchev–Trinajstić information content (AvgIpc) is 2.85. The first-order chi connectivity index (χ1) is 9.51. The molecule has 1 saturated heterocycles. The van der Waals surface area contributed by atoms with Crippen molar-refractivity contribution in [2.45, 2.75) is 25.9 Å². The number of amides is 2. The Morgan fingerprint density at radius 3 is 2.90 bits per heavy atom. The molecule has 7 heteroatoms. The second-order valence-corrected chi connectivity index (χ2v) is 4.77. The van der Waals surface area contributed by atoms with E-state index in [9.17, 15) is 20.0 Å². The first-order valence-corrected chi connectivity index (χ1v) is 6.52. The lowest BCUT2D eigenvalue weighted by molar-refractivity contribution is -0.385. The van der Waals surface area contributed by atoms with E-state index in [0.717, 1.165) is 0 Å². The summed E-state index contributed by atoms with van der Waals surface area (Å²) in [4.78, 5) is 23.9. The molecule has 0 saturated carbocycles. The normalized spacial score (nSPS) is 18.1. The van der Waals surface area contributed by atoms with E-state index in [-0.39, 0.29) is 11.7 Å². The van der Waals surface area contributed by atoms with E-state index in [2.05, 4.69) is 5.32 Å². The first kappa shape index (κ1) is 14.3. The highest BCUT2D eigenvalue weighted by Crippen LogP contribution is 2.24. The second kappa shape index (κ2) is 5.87. The number of likely N-dealkylation sites (tertiary alicyclic amines) is 1. The lowest BCUT2D eigenvalue weighted by atomic mass is 10.1. The predicted molar refractivity (Wildman–Crippen MR) is 73.7 cm³/mol. The fraction of sp³-hybridized carbons (Fsp3) is 0.462. The maximum Gasteiger partial charge on any atom is 0.321 e. The molecule has 2 amide bonds. The van der Waals surface area contributed by atoms with Crippen LogP contribution in [0.25, 0.3) is 0 Å². The highest BCUT2D eigenvalue weighted by molar-refractivity contribution is 5.90. The second-order valence-electron chi connectivity index (χ2n) is 4.77. The Morgan fingerprint density at radius 1 is 1.60 bits per heavy atom. The smallest absolute Gasteiger partial charge is 0.321 e. The maximum atomic E-state index is 11.9. The quantitative estimate of drug-likeness (QED) is 0.651. The molecule has 0 unspecified atom stereocenters. The molecule has 0 aromatic heterocycles. The van der Waals surface area contributed by atoms with E-state index in [1.165, 1.54) is 11.0 Å². The fourth-order valence-electron chi connectivity index (χ4n) is 2.24. The van der Waals surface area contributed by atoms with Gasteiger partial charge in [-0.15, -0.1) is 0 Å². The number of rotatable bonds is 3. The Balaban J connectivity index is 2.11. The zero-order valence-electron chi connectivity index (χ0n) is 11.2. The number of nitro benzene ring substituents is 1. The zero-order valence-corrected chi connectivity index (χ0v) is 11.2. The van der Waals surface area contributed by atoms with Crippen LogP contribution >= 0.6 is 0 Å². The molecule has 0 bridgehead atoms. The van der Waals surface area contributed by atoms with Crippen molar-refractivity contribution in [3.05, 3.63) is 33.9 Å². The number of nitrogens with one attached hydrogen (secondary N) is 1. The molecule has 1 aromatic rings. The summed E-state index contributed by atoms with van der Waals surface area (Å²) in [5.74, 6) is 0. The summed E-state index contributed by atoms with van der Waals surface area (Å²) in [6.07, 6.45) is 0.628. The molecule has 7 nitrogen and oxygen atoms in total. The highest BCUT2D eigenvalue weighted by Gasteiger charge is 2.25. The average molecular weight is 279 g/mol. The van der Waals surface area contributed by atoms with Crippen LogP contribution in [0.15, 0.2) is 18.2 Å². The lowest BCUT2D eigenvalue weighted by Gasteiger charge is -2.16. The van der Waals surface area contributed by atoms with Crippen molar-refractivity contribution in [1.82, 2.24) is 4.90 Å². The van der Waals surface area contributed by atoms with Crippen molar-refractivity contribution in [3.8, 4) is 0 Å². The van der Waals surface area contributed by atoms with Gasteiger partial charge in [0.05, 0.1) is 11.0 Å². The number of benzene rings is 1. The fourth-order valence-corrected chi connectivity index (χ4v) is 2.24. The van der Waals surface area contributed by atoms with E-state index in [1.54, 1.807) is 12.1 Å². The van der Waals surface area contributed by atoms with Crippen molar-refractivity contribution in [3.63, 3.8) is 0 Å². The first-order valence-electron chi connectivity index (χ1n) is 6.52. The molecular weight excluding hydrogens is 262 g/mol. The van der Waals surface area contributed by atoms with Gasteiger partial charge in [-0.05, 0) is 18.9 Å². The molecule has 0 spiro atoms. The third-order valence-electron chi connectivity index (χ3n) is 3.36. The van der Waals surface area contributed by atoms with Crippen molar-refractivity contribution in [2.75, 3.05) is 18.4 Å². The number of nitro groups is 1. The molecule has 1 atom stereocenters. The van der Waals surface area contributed by atoms with E-state index in [0.29, 0.717) is 37.2 Å². The van der Waals surface area contributed by atoms with E-state index in [1.807, 2.05) is 6.92 Å². The van der Waals surface area contributed by atoms with Crippen molar-refractivity contribution < 1.29 is 14.8 Å². The monoisotopic (exact) mass is 279 g/mol. The number of aryl methyl sites for hydroxylation is 1. The van der Waals surface area contributed by atoms with Crippen LogP contribution in [0.4, 0.5) is 16.2 Å². The third kappa shape index (κ3) is 3.05. The number of urea groups is 1. The van der Waals surface area contributed by atoms with Gasteiger partial charge in [-0.1, -0.05) is 13.0 Å². The molecule has 1 heterocycles. The Bertz CT molecular complexity index is 532. The molecule has 0 radical (unpaired) electrons. The minimum absolute atomic E-state index is 0.00626. The number of hydrogen-bond acceptors (Lipinski definition) is 4. The van der Waals surface area contributed by atoms with Crippen LogP contribution in [0.2, 0.25) is 0 Å². The molecule has 20 heavy (non-hydrogen) atoms. The SMILES string of the molecule is CCc1ccc(NC(=O)N2CC[C@H](O)C2)cc1[N+](=O)[O-]. The van der Waals surface area contributed by atoms with Crippen LogP contribution in [-0.4, -0.2) is 40.2 Å². The predicted octanol–water partition coefficient (Wildman–Crippen LogP) is 1.76. The Labute approximate surface area is 116 Å². The largest absolute Gasteiger partial charge is 0.391 e. The Morgan fingerprint density at radius 2 is 2.35 bits per heavy atom. The summed E-state index contributed by atoms with van der Waals surface area (Å²) in [7, 11) is 0. The van der Waals surface area contributed by atoms with Gasteiger partial charge in [0.25, 0.3) is 5.69 Å². The van der Waals surface area contributed by atoms with Crippen molar-refractivity contribution >= 4 is 17.4 Å². The van der Waals surface area contributed by atoms with Gasteiger partial charge >= 0.3 is 6.03 Å². The lowest BCUT2D eigenvalue weighted by Crippen LogP contribution is -2.33. The van der Waals surface area contributed by atoms with Gasteiger partial charge in [0.15, 0.2) is 0 Å². The molecule has 2 N–H and O–H groups in total. The van der Waals surface area contributed by atoms with Crippen LogP contribution < -0.4 is 5.32 Å². The summed E-state index contributed by atoms with van der Waals surface area (Å²) in [5, 5.41) is 23.0. The molecule has 1 fully saturated rings. The topological polar surface area (TPSA) is 95.7 Å². The Hall–Kier alpha value is -2.15. The summed E-state index contributed by atoms with van der Waals surface area (Å²) >= 11 is 0. The number of nitrogens with zero attached hydrogens (tertiary/aromatic N) is 2. The molecule has 2 rings (SSSR count). The summed E-state index contributed by atoms with van der Waals surface area (Å²) in [6, 6.07) is 4.31. The summed E-state index contributed by atoms with van der Waals surface area (Å²) in [6.45, 7) is 2.62. The molecule has 1 aliphatic heterocycles. The van der Waals surface area contributed by atoms with Crippen LogP contribution in [0.1, 0.15) is 18.9 Å². The number of hydrogen-bond donors (Lipinski definition) is 2. The van der Waals surface area contributed by atoms with Gasteiger partial charge in [-0.3, -0.25) is 10.1 Å². The molecule has 0 aliphatic carbocycles. The van der Waals surface area contributed by atoms with Crippen LogP contribution in [0.5, 0.6) is 0 Å². The Kier molecular flexibility index (Phi) is 4.19. The van der Waals surface area contributed by atoms with Gasteiger partial charge in [-0.25, -0.2) is 4.79 Å². The number of carbonyl (C=O) groups is 1. The van der Waals surface area contributed by atoms with Gasteiger partial charge in [-0.2, -0.15) is 0 Å². The third-order valence-corrected chi connectivity index (χ3v) is 3.36. The summed E-state index contributed by atoms with van der Waals surface area (Å²) < 4.78 is 0. The molecular formula is C13H17N3O4. The van der Waals surface area contributed by atoms with Gasteiger partial charge in [0.2, 0.25) is 0 Å². The number of aliphatic hydroxyl groups excluding tert-OH is 1. The van der Waals surface area contributed by atoms with E-state index < -0.39 is 11.0 Å². The molecule has 1 aliphatic rings. The molecule has 108 valence electrons. The number of β-amino-alcohol motifs (C(OH)–C–C–N with tert-alkyl or cyclic N) is 1. The van der Waals surface area contributed by atoms with Crippen molar-refractivity contribution in [2.24, 2.45) is 0 Å². The van der Waals surface area contributed by atoms with Crippen LogP contribution in [0.3, 0.4) is 0 Å². The van der Waals surface area contributed by atoms with Gasteiger partial charge < -0.3 is 15.3 Å². The summed E-state index contributed by atoms with van der Waals surface area (Å²) in [5.41, 5.74) is 1.02. The minimum Gasteiger partial charge on any atom is -0.391 e. The van der Waals surface area contributed by atoms with E-state index in [4.69, 9.17) is 0 Å². The highest BCUT2D eigenvalue weighted by atomic mass is 16.6. The van der Waals surface area contributed by atoms with Gasteiger partial charge in [0.1, 0.15) is 0 Å². The maximum absolute atomic E-state index is 11.9.